The van der Waals surface area contributed by atoms with E-state index in [0.717, 1.165) is 11.3 Å². The summed E-state index contributed by atoms with van der Waals surface area (Å²) in [7, 11) is -4.06. The minimum Gasteiger partial charge on any atom is -0.493 e. The average Bonchev–Trinajstić information content (AvgIpc) is 2.18. The van der Waals surface area contributed by atoms with Crippen LogP contribution in [0.2, 0.25) is 0 Å². The van der Waals surface area contributed by atoms with Crippen molar-refractivity contribution in [3.63, 3.8) is 0 Å². The maximum absolute atomic E-state index is 10.7. The van der Waals surface area contributed by atoms with Crippen molar-refractivity contribution in [3.8, 4) is 0 Å². The number of rotatable bonds is 7. The Hall–Kier alpha value is -1.11. The van der Waals surface area contributed by atoms with Gasteiger partial charge in [-0.05, 0) is 45.8 Å². The van der Waals surface area contributed by atoms with Gasteiger partial charge in [0.05, 0.1) is 11.5 Å². The van der Waals surface area contributed by atoms with E-state index in [0.29, 0.717) is 6.42 Å². The van der Waals surface area contributed by atoms with Crippen LogP contribution >= 0.6 is 0 Å². The van der Waals surface area contributed by atoms with Gasteiger partial charge < -0.3 is 10.5 Å². The minimum absolute atomic E-state index is 0.274. The highest BCUT2D eigenvalue weighted by Gasteiger charge is 2.13. The summed E-state index contributed by atoms with van der Waals surface area (Å²) >= 11 is 0. The highest BCUT2D eigenvalue weighted by atomic mass is 32.2. The van der Waals surface area contributed by atoms with Gasteiger partial charge in [0.15, 0.2) is 0 Å². The second-order valence-corrected chi connectivity index (χ2v) is 7.15. The first-order chi connectivity index (χ1) is 8.93. The van der Waals surface area contributed by atoms with Crippen LogP contribution in [0.25, 0.3) is 0 Å². The molecule has 0 rings (SSSR count). The van der Waals surface area contributed by atoms with E-state index in [1.54, 1.807) is 18.2 Å². The van der Waals surface area contributed by atoms with Crippen LogP contribution in [-0.4, -0.2) is 30.4 Å². The third kappa shape index (κ3) is 10.8. The van der Waals surface area contributed by atoms with Crippen LogP contribution in [0.5, 0.6) is 0 Å². The summed E-state index contributed by atoms with van der Waals surface area (Å²) in [5, 5.41) is 0. The molecule has 0 spiro atoms. The van der Waals surface area contributed by atoms with Gasteiger partial charge in [-0.25, -0.2) is 0 Å². The maximum atomic E-state index is 10.7. The zero-order valence-corrected chi connectivity index (χ0v) is 13.4. The number of hydrogen-bond acceptors (Lipinski definition) is 4. The van der Waals surface area contributed by atoms with Crippen molar-refractivity contribution in [2.75, 3.05) is 5.75 Å². The van der Waals surface area contributed by atoms with E-state index in [2.05, 4.69) is 6.58 Å². The first-order valence-corrected chi connectivity index (χ1v) is 7.93. The van der Waals surface area contributed by atoms with Crippen LogP contribution < -0.4 is 5.73 Å². The number of allylic oxidation sites excluding steroid dienone is 4. The smallest absolute Gasteiger partial charge is 0.266 e. The predicted molar refractivity (Wildman–Crippen MR) is 81.9 cm³/mol. The Morgan fingerprint density at radius 3 is 2.35 bits per heavy atom. The summed E-state index contributed by atoms with van der Waals surface area (Å²) in [5.74, 6) is 0.263. The lowest BCUT2D eigenvalue weighted by molar-refractivity contribution is 0.0535. The lowest BCUT2D eigenvalue weighted by atomic mass is 10.1. The van der Waals surface area contributed by atoms with Gasteiger partial charge in [-0.1, -0.05) is 18.7 Å². The molecule has 0 saturated heterocycles. The Balaban J connectivity index is 4.72. The monoisotopic (exact) mass is 303 g/mol. The van der Waals surface area contributed by atoms with E-state index in [-0.39, 0.29) is 5.60 Å². The van der Waals surface area contributed by atoms with Gasteiger partial charge in [0.2, 0.25) is 0 Å². The molecule has 6 heteroatoms. The van der Waals surface area contributed by atoms with Crippen LogP contribution in [0.3, 0.4) is 0 Å². The predicted octanol–water partition coefficient (Wildman–Crippen LogP) is 2.42. The molecule has 0 aromatic rings. The van der Waals surface area contributed by atoms with Gasteiger partial charge in [-0.15, -0.1) is 0 Å². The second kappa shape index (κ2) is 7.61. The number of nitrogens with two attached hydrogens (primary N) is 1. The molecule has 0 fully saturated rings. The van der Waals surface area contributed by atoms with Crippen molar-refractivity contribution < 1.29 is 17.7 Å². The lowest BCUT2D eigenvalue weighted by Crippen LogP contribution is -2.29. The molecule has 0 aromatic heterocycles. The molecule has 0 aromatic carbocycles. The Bertz CT molecular complexity index is 484. The molecule has 0 amide bonds. The van der Waals surface area contributed by atoms with E-state index >= 15 is 0 Å². The molecule has 0 saturated carbocycles. The van der Waals surface area contributed by atoms with Crippen molar-refractivity contribution in [3.05, 3.63) is 36.1 Å². The first-order valence-electron chi connectivity index (χ1n) is 6.32. The molecule has 0 aliphatic carbocycles. The van der Waals surface area contributed by atoms with E-state index in [1.807, 2.05) is 27.7 Å². The summed E-state index contributed by atoms with van der Waals surface area (Å²) < 4.78 is 35.8. The van der Waals surface area contributed by atoms with Crippen molar-refractivity contribution in [1.82, 2.24) is 0 Å². The molecular formula is C14H25NO4S. The van der Waals surface area contributed by atoms with Gasteiger partial charge in [0.1, 0.15) is 5.60 Å². The molecule has 116 valence electrons. The van der Waals surface area contributed by atoms with Crippen molar-refractivity contribution in [1.29, 1.82) is 0 Å². The Morgan fingerprint density at radius 1 is 1.40 bits per heavy atom. The third-order valence-corrected chi connectivity index (χ3v) is 3.03. The Labute approximate surface area is 121 Å². The fourth-order valence-corrected chi connectivity index (χ4v) is 2.25. The largest absolute Gasteiger partial charge is 0.493 e. The van der Waals surface area contributed by atoms with Gasteiger partial charge >= 0.3 is 0 Å². The molecule has 0 aliphatic rings. The summed E-state index contributed by atoms with van der Waals surface area (Å²) in [6.07, 6.45) is 5.47. The minimum atomic E-state index is -4.06. The molecule has 3 N–H and O–H groups in total. The van der Waals surface area contributed by atoms with Crippen LogP contribution in [-0.2, 0) is 14.9 Å². The van der Waals surface area contributed by atoms with Crippen LogP contribution in [0.1, 0.15) is 34.1 Å². The molecule has 1 unspecified atom stereocenters. The lowest BCUT2D eigenvalue weighted by Gasteiger charge is -2.21. The van der Waals surface area contributed by atoms with Crippen LogP contribution in [0, 0.1) is 0 Å². The van der Waals surface area contributed by atoms with Crippen molar-refractivity contribution in [2.45, 2.75) is 45.8 Å². The SMILES string of the molecule is C=C/C(=C\C=C(/C)OC(C)(C)C)CC(N)CS(=O)(=O)O. The van der Waals surface area contributed by atoms with Gasteiger partial charge in [0, 0.05) is 6.04 Å². The fourth-order valence-electron chi connectivity index (χ4n) is 1.59. The quantitative estimate of drug-likeness (QED) is 0.428. The number of hydrogen-bond donors (Lipinski definition) is 2. The van der Waals surface area contributed by atoms with Gasteiger partial charge in [0.25, 0.3) is 10.1 Å². The van der Waals surface area contributed by atoms with E-state index in [1.165, 1.54) is 0 Å². The number of ether oxygens (including phenoxy) is 1. The van der Waals surface area contributed by atoms with E-state index in [9.17, 15) is 8.42 Å². The molecule has 5 nitrogen and oxygen atoms in total. The molecule has 0 heterocycles. The van der Waals surface area contributed by atoms with Gasteiger partial charge in [-0.2, -0.15) is 8.42 Å². The topological polar surface area (TPSA) is 89.6 Å². The average molecular weight is 303 g/mol. The molecule has 0 aliphatic heterocycles. The van der Waals surface area contributed by atoms with Crippen molar-refractivity contribution >= 4 is 10.1 Å². The van der Waals surface area contributed by atoms with E-state index < -0.39 is 21.9 Å². The molecule has 20 heavy (non-hydrogen) atoms. The summed E-state index contributed by atoms with van der Waals surface area (Å²) in [6.45, 7) is 11.3. The molecule has 1 atom stereocenters. The van der Waals surface area contributed by atoms with Crippen LogP contribution in [0.4, 0.5) is 0 Å². The highest BCUT2D eigenvalue weighted by Crippen LogP contribution is 2.14. The fraction of sp³-hybridized carbons (Fsp3) is 0.571. The third-order valence-electron chi connectivity index (χ3n) is 2.18. The molecule has 0 radical (unpaired) electrons. The molecular weight excluding hydrogens is 278 g/mol. The van der Waals surface area contributed by atoms with Gasteiger partial charge in [-0.3, -0.25) is 4.55 Å². The summed E-state index contributed by atoms with van der Waals surface area (Å²) in [6, 6.07) is -0.675. The molecule has 0 bridgehead atoms. The Morgan fingerprint density at radius 2 is 1.95 bits per heavy atom. The zero-order chi connectivity index (χ0) is 16.0. The summed E-state index contributed by atoms with van der Waals surface area (Å²) in [4.78, 5) is 0. The highest BCUT2D eigenvalue weighted by molar-refractivity contribution is 7.85. The standard InChI is InChI=1S/C14H25NO4S/c1-6-12(9-13(15)10-20(16,17)18)8-7-11(2)19-14(3,4)5/h6-8,13H,1,9-10,15H2,2-5H3,(H,16,17,18)/b11-7+,12-8+. The first kappa shape index (κ1) is 18.9. The zero-order valence-electron chi connectivity index (χ0n) is 12.6. The van der Waals surface area contributed by atoms with Crippen molar-refractivity contribution in [2.24, 2.45) is 5.73 Å². The Kier molecular flexibility index (Phi) is 7.19. The van der Waals surface area contributed by atoms with Crippen LogP contribution in [0.15, 0.2) is 36.1 Å². The normalized spacial score (nSPS) is 15.9. The van der Waals surface area contributed by atoms with E-state index in [4.69, 9.17) is 15.0 Å². The second-order valence-electron chi connectivity index (χ2n) is 5.65. The summed E-state index contributed by atoms with van der Waals surface area (Å²) in [5.41, 5.74) is 6.17. The maximum Gasteiger partial charge on any atom is 0.266 e.